The second kappa shape index (κ2) is 6.94. The third-order valence-electron chi connectivity index (χ3n) is 3.61. The van der Waals surface area contributed by atoms with E-state index in [0.717, 1.165) is 22.2 Å². The summed E-state index contributed by atoms with van der Waals surface area (Å²) in [5, 5.41) is 5.24. The van der Waals surface area contributed by atoms with Crippen LogP contribution in [0.4, 0.5) is 5.69 Å². The molecule has 3 rings (SSSR count). The topological polar surface area (TPSA) is 28.2 Å². The van der Waals surface area contributed by atoms with Crippen LogP contribution >= 0.6 is 23.8 Å². The van der Waals surface area contributed by atoms with Gasteiger partial charge in [-0.2, -0.15) is 0 Å². The quantitative estimate of drug-likeness (QED) is 0.564. The lowest BCUT2D eigenvalue weighted by molar-refractivity contribution is 0.968. The van der Waals surface area contributed by atoms with Crippen LogP contribution in [0.1, 0.15) is 5.56 Å². The van der Waals surface area contributed by atoms with Crippen molar-refractivity contribution in [2.24, 2.45) is 0 Å². The van der Waals surface area contributed by atoms with Gasteiger partial charge in [0.2, 0.25) is 0 Å². The van der Waals surface area contributed by atoms with Crippen molar-refractivity contribution in [3.05, 3.63) is 71.4 Å². The van der Waals surface area contributed by atoms with E-state index in [4.69, 9.17) is 23.8 Å². The lowest BCUT2D eigenvalue weighted by atomic mass is 10.1. The van der Waals surface area contributed by atoms with Gasteiger partial charge in [-0.05, 0) is 36.5 Å². The molecule has 3 aromatic rings. The van der Waals surface area contributed by atoms with E-state index in [1.165, 1.54) is 0 Å². The Bertz CT molecular complexity index is 836. The summed E-state index contributed by atoms with van der Waals surface area (Å²) in [6.45, 7) is 0.556. The van der Waals surface area contributed by atoms with E-state index in [9.17, 15) is 0 Å². The van der Waals surface area contributed by atoms with E-state index < -0.39 is 0 Å². The van der Waals surface area contributed by atoms with Gasteiger partial charge in [-0.1, -0.05) is 48.0 Å². The van der Waals surface area contributed by atoms with Crippen molar-refractivity contribution < 1.29 is 0 Å². The van der Waals surface area contributed by atoms with E-state index in [1.54, 1.807) is 0 Å². The lowest BCUT2D eigenvalue weighted by Crippen LogP contribution is -2.37. The first kappa shape index (κ1) is 15.7. The summed E-state index contributed by atoms with van der Waals surface area (Å²) in [6.07, 6.45) is 0. The van der Waals surface area contributed by atoms with Gasteiger partial charge < -0.3 is 10.2 Å². The van der Waals surface area contributed by atoms with Crippen LogP contribution in [0, 0.1) is 0 Å². The minimum atomic E-state index is 0.503. The summed E-state index contributed by atoms with van der Waals surface area (Å²) in [5.74, 6) is 0. The highest BCUT2D eigenvalue weighted by Gasteiger charge is 2.14. The second-order valence-electron chi connectivity index (χ2n) is 5.11. The molecule has 0 unspecified atom stereocenters. The van der Waals surface area contributed by atoms with Gasteiger partial charge in [-0.15, -0.1) is 0 Å². The molecule has 1 heterocycles. The third kappa shape index (κ3) is 3.44. The molecule has 0 aliphatic carbocycles. The molecule has 0 spiro atoms. The lowest BCUT2D eigenvalue weighted by Gasteiger charge is -2.25. The Hall–Kier alpha value is -2.17. The molecule has 0 aliphatic rings. The fourth-order valence-corrected chi connectivity index (χ4v) is 2.82. The molecule has 0 atom stereocenters. The Morgan fingerprint density at radius 1 is 1.13 bits per heavy atom. The number of halogens is 1. The number of anilines is 1. The maximum absolute atomic E-state index is 6.38. The second-order valence-corrected chi connectivity index (χ2v) is 5.85. The first-order valence-corrected chi connectivity index (χ1v) is 8.06. The zero-order valence-corrected chi connectivity index (χ0v) is 14.2. The van der Waals surface area contributed by atoms with Crippen molar-refractivity contribution in [1.82, 2.24) is 10.3 Å². The van der Waals surface area contributed by atoms with Crippen LogP contribution in [-0.2, 0) is 6.54 Å². The molecule has 23 heavy (non-hydrogen) atoms. The summed E-state index contributed by atoms with van der Waals surface area (Å²) in [6, 6.07) is 20.0. The Kier molecular flexibility index (Phi) is 4.74. The minimum absolute atomic E-state index is 0.503. The van der Waals surface area contributed by atoms with Crippen LogP contribution in [0.25, 0.3) is 10.9 Å². The fourth-order valence-electron chi connectivity index (χ4n) is 2.44. The number of benzene rings is 2. The van der Waals surface area contributed by atoms with E-state index in [0.29, 0.717) is 16.8 Å². The smallest absolute Gasteiger partial charge is 0.173 e. The van der Waals surface area contributed by atoms with E-state index >= 15 is 0 Å². The SMILES string of the molecule is CNC(=S)N(Cc1cc2ccccc2nc1Cl)c1ccccc1. The predicted octanol–water partition coefficient (Wildman–Crippen LogP) is 4.40. The number of thiocarbonyl (C=S) groups is 1. The molecule has 0 aliphatic heterocycles. The van der Waals surface area contributed by atoms with Gasteiger partial charge >= 0.3 is 0 Å². The minimum Gasteiger partial charge on any atom is -0.365 e. The Balaban J connectivity index is 2.00. The number of para-hydroxylation sites is 2. The number of fused-ring (bicyclic) bond motifs is 1. The average molecular weight is 342 g/mol. The molecule has 0 saturated carbocycles. The number of nitrogens with one attached hydrogen (secondary N) is 1. The van der Waals surface area contributed by atoms with Gasteiger partial charge in [0.05, 0.1) is 12.1 Å². The largest absolute Gasteiger partial charge is 0.365 e. The predicted molar refractivity (Wildman–Crippen MR) is 101 cm³/mol. The highest BCUT2D eigenvalue weighted by Crippen LogP contribution is 2.24. The molecule has 0 radical (unpaired) electrons. The van der Waals surface area contributed by atoms with Gasteiger partial charge in [0.25, 0.3) is 0 Å². The van der Waals surface area contributed by atoms with Gasteiger partial charge in [0, 0.05) is 23.7 Å². The van der Waals surface area contributed by atoms with Gasteiger partial charge in [-0.25, -0.2) is 4.98 Å². The summed E-state index contributed by atoms with van der Waals surface area (Å²) in [5.41, 5.74) is 2.84. The van der Waals surface area contributed by atoms with E-state index in [1.807, 2.05) is 66.5 Å². The zero-order valence-electron chi connectivity index (χ0n) is 12.7. The molecular formula is C18H16ClN3S. The summed E-state index contributed by atoms with van der Waals surface area (Å²) in [4.78, 5) is 6.49. The summed E-state index contributed by atoms with van der Waals surface area (Å²) < 4.78 is 0. The van der Waals surface area contributed by atoms with Crippen LogP contribution in [0.15, 0.2) is 60.7 Å². The van der Waals surface area contributed by atoms with Crippen molar-refractivity contribution in [3.63, 3.8) is 0 Å². The Morgan fingerprint density at radius 3 is 2.57 bits per heavy atom. The number of nitrogens with zero attached hydrogens (tertiary/aromatic N) is 2. The van der Waals surface area contributed by atoms with Crippen LogP contribution in [0.3, 0.4) is 0 Å². The molecule has 5 heteroatoms. The highest BCUT2D eigenvalue weighted by molar-refractivity contribution is 7.80. The van der Waals surface area contributed by atoms with Crippen LogP contribution in [0.2, 0.25) is 5.15 Å². The number of pyridine rings is 1. The Morgan fingerprint density at radius 2 is 1.83 bits per heavy atom. The van der Waals surface area contributed by atoms with Crippen molar-refractivity contribution in [2.45, 2.75) is 6.54 Å². The van der Waals surface area contributed by atoms with Gasteiger partial charge in [-0.3, -0.25) is 0 Å². The maximum atomic E-state index is 6.38. The van der Waals surface area contributed by atoms with Crippen LogP contribution in [0.5, 0.6) is 0 Å². The molecule has 1 aromatic heterocycles. The molecule has 1 N–H and O–H groups in total. The Labute approximate surface area is 145 Å². The fraction of sp³-hybridized carbons (Fsp3) is 0.111. The van der Waals surface area contributed by atoms with E-state index in [-0.39, 0.29) is 0 Å². The van der Waals surface area contributed by atoms with Crippen LogP contribution < -0.4 is 10.2 Å². The molecule has 116 valence electrons. The monoisotopic (exact) mass is 341 g/mol. The first-order valence-electron chi connectivity index (χ1n) is 7.27. The molecule has 0 amide bonds. The molecule has 3 nitrogen and oxygen atoms in total. The van der Waals surface area contributed by atoms with Crippen LogP contribution in [-0.4, -0.2) is 17.1 Å². The molecule has 0 saturated heterocycles. The third-order valence-corrected chi connectivity index (χ3v) is 4.36. The highest BCUT2D eigenvalue weighted by atomic mass is 35.5. The summed E-state index contributed by atoms with van der Waals surface area (Å²) in [7, 11) is 1.82. The molecule has 0 fully saturated rings. The number of hydrogen-bond donors (Lipinski definition) is 1. The number of hydrogen-bond acceptors (Lipinski definition) is 2. The van der Waals surface area contributed by atoms with Crippen molar-refractivity contribution >= 4 is 45.5 Å². The normalized spacial score (nSPS) is 10.5. The number of aromatic nitrogens is 1. The van der Waals surface area contributed by atoms with Crippen molar-refractivity contribution in [3.8, 4) is 0 Å². The van der Waals surface area contributed by atoms with Crippen molar-refractivity contribution in [2.75, 3.05) is 11.9 Å². The standard InChI is InChI=1S/C18H16ClN3S/c1-20-18(23)22(15-8-3-2-4-9-15)12-14-11-13-7-5-6-10-16(13)21-17(14)19/h2-11H,12H2,1H3,(H,20,23). The van der Waals surface area contributed by atoms with Gasteiger partial charge in [0.1, 0.15) is 5.15 Å². The average Bonchev–Trinajstić information content (AvgIpc) is 2.60. The summed E-state index contributed by atoms with van der Waals surface area (Å²) >= 11 is 11.8. The maximum Gasteiger partial charge on any atom is 0.173 e. The zero-order chi connectivity index (χ0) is 16.2. The first-order chi connectivity index (χ1) is 11.2. The molecular weight excluding hydrogens is 326 g/mol. The number of rotatable bonds is 3. The molecule has 0 bridgehead atoms. The molecule has 2 aromatic carbocycles. The van der Waals surface area contributed by atoms with E-state index in [2.05, 4.69) is 16.4 Å². The van der Waals surface area contributed by atoms with Crippen molar-refractivity contribution in [1.29, 1.82) is 0 Å². The van der Waals surface area contributed by atoms with Gasteiger partial charge in [0.15, 0.2) is 5.11 Å².